The van der Waals surface area contributed by atoms with E-state index in [-0.39, 0.29) is 28.8 Å². The minimum Gasteiger partial charge on any atom is -0.457 e. The van der Waals surface area contributed by atoms with Gasteiger partial charge in [0.15, 0.2) is 0 Å². The quantitative estimate of drug-likeness (QED) is 0.359. The summed E-state index contributed by atoms with van der Waals surface area (Å²) in [6, 6.07) is 9.92. The molecule has 0 radical (unpaired) electrons. The molecule has 194 valence electrons. The van der Waals surface area contributed by atoms with Crippen LogP contribution in [-0.4, -0.2) is 46.6 Å². The molecule has 1 atom stereocenters. The van der Waals surface area contributed by atoms with Crippen LogP contribution in [0.2, 0.25) is 0 Å². The standard InChI is InChI=1S/C19H16F2N4O.C9H15NO/c1-11-17(19(22)25-10-24-11)18(23-2)15-7-6-14(9-16(15)21)26-13-5-3-4-12(20)8-13;1-3-8-5-6-10(7-8)9(11)4-2/h3-10H,1-2H3,(H2,22,24,25);4,8H,2-3,5-7H2,1H3. The number of amides is 1. The molecule has 2 heterocycles. The highest BCUT2D eigenvalue weighted by Crippen LogP contribution is 2.27. The molecule has 0 aliphatic carbocycles. The van der Waals surface area contributed by atoms with E-state index in [1.807, 2.05) is 4.90 Å². The third-order valence-corrected chi connectivity index (χ3v) is 6.10. The molecule has 0 bridgehead atoms. The van der Waals surface area contributed by atoms with Crippen LogP contribution < -0.4 is 10.5 Å². The van der Waals surface area contributed by atoms with Gasteiger partial charge in [0, 0.05) is 37.8 Å². The summed E-state index contributed by atoms with van der Waals surface area (Å²) in [4.78, 5) is 25.2. The number of anilines is 1. The number of aromatic nitrogens is 2. The minimum atomic E-state index is -0.554. The smallest absolute Gasteiger partial charge is 0.245 e. The maximum Gasteiger partial charge on any atom is 0.245 e. The van der Waals surface area contributed by atoms with Crippen molar-refractivity contribution < 1.29 is 18.3 Å². The maximum absolute atomic E-state index is 14.7. The SMILES string of the molecule is C=CC(=O)N1CCC(CC)C1.CN=C(c1ccc(Oc2cccc(F)c2)cc1F)c1c(C)ncnc1N. The summed E-state index contributed by atoms with van der Waals surface area (Å²) < 4.78 is 33.4. The summed E-state index contributed by atoms with van der Waals surface area (Å²) in [6.07, 6.45) is 5.09. The average molecular weight is 508 g/mol. The first-order valence-corrected chi connectivity index (χ1v) is 12.0. The molecule has 1 aliphatic rings. The van der Waals surface area contributed by atoms with Crippen molar-refractivity contribution in [2.75, 3.05) is 25.9 Å². The van der Waals surface area contributed by atoms with Crippen LogP contribution >= 0.6 is 0 Å². The molecule has 1 unspecified atom stereocenters. The Bertz CT molecular complexity index is 1280. The van der Waals surface area contributed by atoms with E-state index in [2.05, 4.69) is 28.5 Å². The zero-order valence-electron chi connectivity index (χ0n) is 21.2. The molecular weight excluding hydrogens is 476 g/mol. The fraction of sp³-hybridized carbons (Fsp3) is 0.286. The predicted octanol–water partition coefficient (Wildman–Crippen LogP) is 5.34. The van der Waals surface area contributed by atoms with Gasteiger partial charge in [-0.05, 0) is 49.6 Å². The molecule has 9 heteroatoms. The molecule has 1 aromatic heterocycles. The zero-order chi connectivity index (χ0) is 26.9. The second kappa shape index (κ2) is 12.7. The van der Waals surface area contributed by atoms with Gasteiger partial charge in [0.25, 0.3) is 0 Å². The number of rotatable bonds is 6. The summed E-state index contributed by atoms with van der Waals surface area (Å²) in [7, 11) is 1.54. The Balaban J connectivity index is 0.000000289. The number of ether oxygens (including phenoxy) is 1. The van der Waals surface area contributed by atoms with Gasteiger partial charge in [-0.25, -0.2) is 18.7 Å². The third kappa shape index (κ3) is 6.97. The fourth-order valence-corrected chi connectivity index (χ4v) is 4.06. The van der Waals surface area contributed by atoms with Crippen molar-refractivity contribution in [1.29, 1.82) is 0 Å². The Morgan fingerprint density at radius 3 is 2.59 bits per heavy atom. The van der Waals surface area contributed by atoms with Crippen molar-refractivity contribution in [2.45, 2.75) is 26.7 Å². The van der Waals surface area contributed by atoms with Crippen LogP contribution in [0.25, 0.3) is 0 Å². The number of likely N-dealkylation sites (tertiary alicyclic amines) is 1. The first-order chi connectivity index (χ1) is 17.8. The van der Waals surface area contributed by atoms with E-state index in [9.17, 15) is 13.6 Å². The van der Waals surface area contributed by atoms with E-state index in [1.54, 1.807) is 19.1 Å². The molecule has 0 saturated carbocycles. The van der Waals surface area contributed by atoms with Gasteiger partial charge in [0.2, 0.25) is 5.91 Å². The van der Waals surface area contributed by atoms with E-state index in [0.717, 1.165) is 25.4 Å². The Kier molecular flexibility index (Phi) is 9.43. The number of carbonyl (C=O) groups excluding carboxylic acids is 1. The highest BCUT2D eigenvalue weighted by molar-refractivity contribution is 6.16. The lowest BCUT2D eigenvalue weighted by Gasteiger charge is -2.13. The predicted molar refractivity (Wildman–Crippen MR) is 141 cm³/mol. The molecule has 4 rings (SSSR count). The number of benzene rings is 2. The van der Waals surface area contributed by atoms with E-state index < -0.39 is 11.6 Å². The number of nitrogens with zero attached hydrogens (tertiary/aromatic N) is 4. The van der Waals surface area contributed by atoms with E-state index in [1.165, 1.54) is 56.2 Å². The van der Waals surface area contributed by atoms with Crippen LogP contribution in [0, 0.1) is 24.5 Å². The van der Waals surface area contributed by atoms with Crippen molar-refractivity contribution in [3.05, 3.63) is 89.9 Å². The van der Waals surface area contributed by atoms with E-state index >= 15 is 0 Å². The number of carbonyl (C=O) groups is 1. The number of nitrogen functional groups attached to an aromatic ring is 1. The highest BCUT2D eigenvalue weighted by atomic mass is 19.1. The first-order valence-electron chi connectivity index (χ1n) is 12.0. The van der Waals surface area contributed by atoms with Crippen molar-refractivity contribution in [3.8, 4) is 11.5 Å². The van der Waals surface area contributed by atoms with Gasteiger partial charge in [-0.1, -0.05) is 26.0 Å². The summed E-state index contributed by atoms with van der Waals surface area (Å²) in [5.74, 6) is 0.550. The summed E-state index contributed by atoms with van der Waals surface area (Å²) >= 11 is 0. The second-order valence-electron chi connectivity index (χ2n) is 8.54. The Morgan fingerprint density at radius 1 is 1.24 bits per heavy atom. The Hall–Kier alpha value is -4.14. The number of halogens is 2. The number of nitrogens with two attached hydrogens (primary N) is 1. The van der Waals surface area contributed by atoms with Crippen LogP contribution in [0.1, 0.15) is 36.6 Å². The van der Waals surface area contributed by atoms with Crippen molar-refractivity contribution in [1.82, 2.24) is 14.9 Å². The van der Waals surface area contributed by atoms with Gasteiger partial charge in [-0.2, -0.15) is 0 Å². The summed E-state index contributed by atoms with van der Waals surface area (Å²) in [5, 5.41) is 0. The molecule has 7 nitrogen and oxygen atoms in total. The number of aryl methyl sites for hydroxylation is 1. The molecule has 37 heavy (non-hydrogen) atoms. The van der Waals surface area contributed by atoms with Gasteiger partial charge in [0.05, 0.1) is 17.0 Å². The van der Waals surface area contributed by atoms with Crippen LogP contribution in [0.5, 0.6) is 11.5 Å². The van der Waals surface area contributed by atoms with Gasteiger partial charge >= 0.3 is 0 Å². The van der Waals surface area contributed by atoms with Crippen molar-refractivity contribution in [3.63, 3.8) is 0 Å². The van der Waals surface area contributed by atoms with Crippen LogP contribution in [0.3, 0.4) is 0 Å². The van der Waals surface area contributed by atoms with Crippen LogP contribution in [-0.2, 0) is 4.79 Å². The van der Waals surface area contributed by atoms with Gasteiger partial charge in [-0.3, -0.25) is 9.79 Å². The van der Waals surface area contributed by atoms with Crippen LogP contribution in [0.4, 0.5) is 14.6 Å². The lowest BCUT2D eigenvalue weighted by molar-refractivity contribution is -0.125. The van der Waals surface area contributed by atoms with E-state index in [4.69, 9.17) is 10.5 Å². The molecule has 1 saturated heterocycles. The van der Waals surface area contributed by atoms with Gasteiger partial charge in [0.1, 0.15) is 35.3 Å². The highest BCUT2D eigenvalue weighted by Gasteiger charge is 2.23. The van der Waals surface area contributed by atoms with E-state index in [0.29, 0.717) is 17.0 Å². The van der Waals surface area contributed by atoms with Crippen molar-refractivity contribution in [2.24, 2.45) is 10.9 Å². The lowest BCUT2D eigenvalue weighted by atomic mass is 10.0. The topological polar surface area (TPSA) is 93.7 Å². The number of hydrogen-bond acceptors (Lipinski definition) is 6. The summed E-state index contributed by atoms with van der Waals surface area (Å²) in [5.41, 5.74) is 7.57. The number of aliphatic imine (C=N–C) groups is 1. The monoisotopic (exact) mass is 507 g/mol. The molecule has 0 spiro atoms. The Labute approximate surface area is 215 Å². The lowest BCUT2D eigenvalue weighted by Crippen LogP contribution is -2.26. The molecule has 1 aliphatic heterocycles. The van der Waals surface area contributed by atoms with Gasteiger partial charge < -0.3 is 15.4 Å². The molecule has 2 aromatic carbocycles. The normalized spacial score (nSPS) is 15.1. The summed E-state index contributed by atoms with van der Waals surface area (Å²) in [6.45, 7) is 9.24. The largest absolute Gasteiger partial charge is 0.457 e. The molecular formula is C28H31F2N5O2. The Morgan fingerprint density at radius 2 is 2.00 bits per heavy atom. The fourth-order valence-electron chi connectivity index (χ4n) is 4.06. The second-order valence-corrected chi connectivity index (χ2v) is 8.54. The first kappa shape index (κ1) is 27.4. The maximum atomic E-state index is 14.7. The zero-order valence-corrected chi connectivity index (χ0v) is 21.2. The van der Waals surface area contributed by atoms with Crippen LogP contribution in [0.15, 0.2) is 66.4 Å². The minimum absolute atomic E-state index is 0.0842. The molecule has 1 amide bonds. The third-order valence-electron chi connectivity index (χ3n) is 6.10. The molecule has 3 aromatic rings. The number of hydrogen-bond donors (Lipinski definition) is 1. The molecule has 1 fully saturated rings. The average Bonchev–Trinajstić information content (AvgIpc) is 3.36. The molecule has 2 N–H and O–H groups in total. The van der Waals surface area contributed by atoms with Crippen molar-refractivity contribution >= 4 is 17.4 Å². The van der Waals surface area contributed by atoms with Gasteiger partial charge in [-0.15, -0.1) is 0 Å².